The van der Waals surface area contributed by atoms with Crippen LogP contribution < -0.4 is 9.86 Å². The van der Waals surface area contributed by atoms with Gasteiger partial charge in [-0.1, -0.05) is 0 Å². The zero-order chi connectivity index (χ0) is 12.5. The number of pyridine rings is 1. The average Bonchev–Trinajstić information content (AvgIpc) is 2.63. The van der Waals surface area contributed by atoms with Gasteiger partial charge in [0.05, 0.1) is 11.9 Å². The van der Waals surface area contributed by atoms with Gasteiger partial charge in [0.2, 0.25) is 0 Å². The van der Waals surface area contributed by atoms with Crippen LogP contribution in [0.3, 0.4) is 0 Å². The van der Waals surface area contributed by atoms with Crippen molar-refractivity contribution in [2.75, 3.05) is 4.72 Å². The van der Waals surface area contributed by atoms with Crippen molar-refractivity contribution in [2.45, 2.75) is 6.92 Å². The third-order valence-electron chi connectivity index (χ3n) is 2.08. The van der Waals surface area contributed by atoms with Gasteiger partial charge >= 0.3 is 0 Å². The first-order valence-electron chi connectivity index (χ1n) is 4.72. The highest BCUT2D eigenvalue weighted by atomic mass is 32.2. The zero-order valence-electron chi connectivity index (χ0n) is 9.03. The summed E-state index contributed by atoms with van der Waals surface area (Å²) in [5.74, 6) is 1.45. The predicted molar refractivity (Wildman–Crippen MR) is 62.8 cm³/mol. The van der Waals surface area contributed by atoms with Crippen molar-refractivity contribution in [3.63, 3.8) is 0 Å². The molecule has 0 spiro atoms. The Balaban J connectivity index is 2.28. The van der Waals surface area contributed by atoms with Crippen molar-refractivity contribution in [2.24, 2.45) is 5.14 Å². The Labute approximate surface area is 98.5 Å². The van der Waals surface area contributed by atoms with Crippen LogP contribution in [0.5, 0.6) is 0 Å². The highest BCUT2D eigenvalue weighted by Gasteiger charge is 2.04. The fraction of sp³-hybridized carbons (Fsp3) is 0.111. The van der Waals surface area contributed by atoms with Gasteiger partial charge < -0.3 is 0 Å². The molecule has 2 aromatic rings. The van der Waals surface area contributed by atoms with Crippen LogP contribution in [0.1, 0.15) is 5.82 Å². The Morgan fingerprint density at radius 1 is 1.35 bits per heavy atom. The largest absolute Gasteiger partial charge is 0.296 e. The van der Waals surface area contributed by atoms with E-state index >= 15 is 0 Å². The van der Waals surface area contributed by atoms with E-state index < -0.39 is 10.2 Å². The van der Waals surface area contributed by atoms with Crippen LogP contribution in [0, 0.1) is 6.92 Å². The number of hydrogen-bond acceptors (Lipinski definition) is 4. The SMILES string of the molecule is Cc1nccn1-c1ccc(NS(N)(=O)=O)cn1. The predicted octanol–water partition coefficient (Wildman–Crippen LogP) is 0.191. The molecular formula is C9H11N5O2S. The monoisotopic (exact) mass is 253 g/mol. The summed E-state index contributed by atoms with van der Waals surface area (Å²) in [6.45, 7) is 1.85. The van der Waals surface area contributed by atoms with Crippen molar-refractivity contribution in [1.29, 1.82) is 0 Å². The molecule has 0 fully saturated rings. The maximum atomic E-state index is 10.8. The van der Waals surface area contributed by atoms with E-state index in [0.29, 0.717) is 11.5 Å². The first-order valence-corrected chi connectivity index (χ1v) is 6.27. The van der Waals surface area contributed by atoms with E-state index in [1.807, 2.05) is 6.92 Å². The van der Waals surface area contributed by atoms with Crippen LogP contribution in [0.25, 0.3) is 5.82 Å². The molecule has 17 heavy (non-hydrogen) atoms. The lowest BCUT2D eigenvalue weighted by molar-refractivity contribution is 0.603. The quantitative estimate of drug-likeness (QED) is 0.815. The van der Waals surface area contributed by atoms with E-state index in [1.54, 1.807) is 29.1 Å². The minimum absolute atomic E-state index is 0.314. The second kappa shape index (κ2) is 4.15. The van der Waals surface area contributed by atoms with Gasteiger partial charge in [-0.25, -0.2) is 15.1 Å². The standard InChI is InChI=1S/C9H11N5O2S/c1-7-11-4-5-14(7)9-3-2-8(6-12-9)13-17(10,15)16/h2-6,13H,1H3,(H2,10,15,16). The molecule has 90 valence electrons. The van der Waals surface area contributed by atoms with Crippen molar-refractivity contribution in [3.8, 4) is 5.82 Å². The molecule has 0 saturated carbocycles. The van der Waals surface area contributed by atoms with Crippen LogP contribution in [0.4, 0.5) is 5.69 Å². The molecule has 0 unspecified atom stereocenters. The zero-order valence-corrected chi connectivity index (χ0v) is 9.85. The van der Waals surface area contributed by atoms with Crippen LogP contribution in [-0.4, -0.2) is 23.0 Å². The van der Waals surface area contributed by atoms with Crippen molar-refractivity contribution in [1.82, 2.24) is 14.5 Å². The summed E-state index contributed by atoms with van der Waals surface area (Å²) in [6.07, 6.45) is 4.82. The summed E-state index contributed by atoms with van der Waals surface area (Å²) in [5, 5.41) is 4.84. The number of nitrogens with zero attached hydrogens (tertiary/aromatic N) is 3. The number of nitrogens with two attached hydrogens (primary N) is 1. The van der Waals surface area contributed by atoms with E-state index in [1.165, 1.54) is 6.20 Å². The molecule has 3 N–H and O–H groups in total. The molecule has 7 nitrogen and oxygen atoms in total. The highest BCUT2D eigenvalue weighted by molar-refractivity contribution is 7.90. The molecule has 2 aromatic heterocycles. The number of aromatic nitrogens is 3. The molecule has 2 heterocycles. The van der Waals surface area contributed by atoms with E-state index in [2.05, 4.69) is 14.7 Å². The summed E-state index contributed by atoms with van der Waals surface area (Å²) in [7, 11) is -3.76. The lowest BCUT2D eigenvalue weighted by atomic mass is 10.4. The van der Waals surface area contributed by atoms with Crippen molar-refractivity contribution >= 4 is 15.9 Å². The summed E-state index contributed by atoms with van der Waals surface area (Å²) in [6, 6.07) is 3.24. The van der Waals surface area contributed by atoms with E-state index in [0.717, 1.165) is 5.82 Å². The summed E-state index contributed by atoms with van der Waals surface area (Å²) in [4.78, 5) is 8.17. The summed E-state index contributed by atoms with van der Waals surface area (Å²) >= 11 is 0. The lowest BCUT2D eigenvalue weighted by Gasteiger charge is -2.06. The molecule has 2 rings (SSSR count). The Hall–Kier alpha value is -1.93. The van der Waals surface area contributed by atoms with Crippen molar-refractivity contribution in [3.05, 3.63) is 36.5 Å². The second-order valence-electron chi connectivity index (χ2n) is 3.40. The maximum absolute atomic E-state index is 10.8. The van der Waals surface area contributed by atoms with Crippen LogP contribution in [-0.2, 0) is 10.2 Å². The Bertz CT molecular complexity index is 617. The number of rotatable bonds is 3. The third kappa shape index (κ3) is 2.80. The Morgan fingerprint density at radius 2 is 2.12 bits per heavy atom. The van der Waals surface area contributed by atoms with Gasteiger partial charge in [-0.05, 0) is 19.1 Å². The Morgan fingerprint density at radius 3 is 2.59 bits per heavy atom. The normalized spacial score (nSPS) is 11.4. The average molecular weight is 253 g/mol. The van der Waals surface area contributed by atoms with Crippen LogP contribution in [0.2, 0.25) is 0 Å². The molecule has 0 radical (unpaired) electrons. The third-order valence-corrected chi connectivity index (χ3v) is 2.60. The van der Waals surface area contributed by atoms with Crippen molar-refractivity contribution < 1.29 is 8.42 Å². The molecule has 0 aromatic carbocycles. The minimum atomic E-state index is -3.76. The van der Waals surface area contributed by atoms with Gasteiger partial charge in [0.1, 0.15) is 11.6 Å². The number of anilines is 1. The van der Waals surface area contributed by atoms with Crippen LogP contribution in [0.15, 0.2) is 30.7 Å². The summed E-state index contributed by atoms with van der Waals surface area (Å²) in [5.41, 5.74) is 0.314. The number of aryl methyl sites for hydroxylation is 1. The van der Waals surface area contributed by atoms with Gasteiger partial charge in [0, 0.05) is 12.4 Å². The number of imidazole rings is 1. The summed E-state index contributed by atoms with van der Waals surface area (Å²) < 4.78 is 25.5. The fourth-order valence-electron chi connectivity index (χ4n) is 1.37. The van der Waals surface area contributed by atoms with Gasteiger partial charge in [0.15, 0.2) is 0 Å². The first-order chi connectivity index (χ1) is 7.96. The van der Waals surface area contributed by atoms with Gasteiger partial charge in [-0.3, -0.25) is 9.29 Å². The van der Waals surface area contributed by atoms with E-state index in [4.69, 9.17) is 5.14 Å². The lowest BCUT2D eigenvalue weighted by Crippen LogP contribution is -2.21. The van der Waals surface area contributed by atoms with Gasteiger partial charge in [0.25, 0.3) is 10.2 Å². The molecule has 0 atom stereocenters. The van der Waals surface area contributed by atoms with Gasteiger partial charge in [-0.2, -0.15) is 8.42 Å². The van der Waals surface area contributed by atoms with Crippen LogP contribution >= 0.6 is 0 Å². The fourth-order valence-corrected chi connectivity index (χ4v) is 1.82. The molecule has 0 aliphatic heterocycles. The van der Waals surface area contributed by atoms with E-state index in [-0.39, 0.29) is 0 Å². The molecule has 0 saturated heterocycles. The van der Waals surface area contributed by atoms with Gasteiger partial charge in [-0.15, -0.1) is 0 Å². The minimum Gasteiger partial charge on any atom is -0.288 e. The maximum Gasteiger partial charge on any atom is 0.296 e. The number of nitrogens with one attached hydrogen (secondary N) is 1. The first kappa shape index (κ1) is 11.6. The van der Waals surface area contributed by atoms with E-state index in [9.17, 15) is 8.42 Å². The molecular weight excluding hydrogens is 242 g/mol. The molecule has 8 heteroatoms. The molecule has 0 aliphatic carbocycles. The topological polar surface area (TPSA) is 103 Å². The Kier molecular flexibility index (Phi) is 2.82. The number of hydrogen-bond donors (Lipinski definition) is 2. The molecule has 0 aliphatic rings. The smallest absolute Gasteiger partial charge is 0.288 e. The highest BCUT2D eigenvalue weighted by Crippen LogP contribution is 2.11. The second-order valence-corrected chi connectivity index (χ2v) is 4.69. The molecule has 0 amide bonds. The molecule has 0 bridgehead atoms.